The number of hydrogen-bond donors (Lipinski definition) is 2. The summed E-state index contributed by atoms with van der Waals surface area (Å²) in [6.07, 6.45) is 3.09. The third-order valence-corrected chi connectivity index (χ3v) is 3.56. The third kappa shape index (κ3) is 3.43. The minimum atomic E-state index is 0.0409. The van der Waals surface area contributed by atoms with Crippen LogP contribution in [0.4, 0.5) is 0 Å². The highest BCUT2D eigenvalue weighted by Gasteiger charge is 2.29. The van der Waals surface area contributed by atoms with Crippen LogP contribution in [0, 0.1) is 5.92 Å². The zero-order chi connectivity index (χ0) is 12.4. The summed E-state index contributed by atoms with van der Waals surface area (Å²) in [5.74, 6) is 0.421. The smallest absolute Gasteiger partial charge is 0.222 e. The number of rotatable bonds is 4. The molecule has 5 nitrogen and oxygen atoms in total. The van der Waals surface area contributed by atoms with Crippen LogP contribution in [0.1, 0.15) is 32.6 Å². The highest BCUT2D eigenvalue weighted by Crippen LogP contribution is 2.19. The average molecular weight is 239 g/mol. The molecule has 0 aromatic rings. The summed E-state index contributed by atoms with van der Waals surface area (Å²) < 4.78 is 0. The van der Waals surface area contributed by atoms with Gasteiger partial charge >= 0.3 is 0 Å². The Morgan fingerprint density at radius 2 is 2.24 bits per heavy atom. The Balaban J connectivity index is 1.73. The Hall–Kier alpha value is -1.10. The number of amides is 2. The van der Waals surface area contributed by atoms with Gasteiger partial charge in [0, 0.05) is 38.0 Å². The highest BCUT2D eigenvalue weighted by atomic mass is 16.2. The summed E-state index contributed by atoms with van der Waals surface area (Å²) in [7, 11) is 0. The van der Waals surface area contributed by atoms with Crippen LogP contribution in [-0.4, -0.2) is 41.9 Å². The summed E-state index contributed by atoms with van der Waals surface area (Å²) in [5.41, 5.74) is 5.93. The number of likely N-dealkylation sites (tertiary alicyclic amines) is 1. The molecule has 2 unspecified atom stereocenters. The summed E-state index contributed by atoms with van der Waals surface area (Å²) in [6, 6.07) is 0.432. The number of carbonyl (C=O) groups excluding carboxylic acids is 2. The van der Waals surface area contributed by atoms with Crippen molar-refractivity contribution in [1.82, 2.24) is 10.2 Å². The van der Waals surface area contributed by atoms with Gasteiger partial charge < -0.3 is 16.0 Å². The second-order valence-electron chi connectivity index (χ2n) is 5.28. The molecule has 2 rings (SSSR count). The van der Waals surface area contributed by atoms with Crippen LogP contribution < -0.4 is 11.1 Å². The normalized spacial score (nSPS) is 29.3. The molecule has 1 aliphatic heterocycles. The van der Waals surface area contributed by atoms with Gasteiger partial charge in [-0.2, -0.15) is 0 Å². The largest absolute Gasteiger partial charge is 0.353 e. The minimum Gasteiger partial charge on any atom is -0.353 e. The first-order valence-electron chi connectivity index (χ1n) is 6.39. The van der Waals surface area contributed by atoms with Crippen molar-refractivity contribution in [3.63, 3.8) is 0 Å². The van der Waals surface area contributed by atoms with Gasteiger partial charge in [0.25, 0.3) is 0 Å². The molecule has 0 radical (unpaired) electrons. The Bertz CT molecular complexity index is 315. The van der Waals surface area contributed by atoms with Gasteiger partial charge in [-0.15, -0.1) is 0 Å². The van der Waals surface area contributed by atoms with Crippen LogP contribution in [0.25, 0.3) is 0 Å². The van der Waals surface area contributed by atoms with Gasteiger partial charge in [0.15, 0.2) is 0 Å². The van der Waals surface area contributed by atoms with Crippen molar-refractivity contribution < 1.29 is 9.59 Å². The number of nitrogens with zero attached hydrogens (tertiary/aromatic N) is 1. The molecule has 0 aromatic carbocycles. The first kappa shape index (κ1) is 12.4. The van der Waals surface area contributed by atoms with Crippen molar-refractivity contribution in [1.29, 1.82) is 0 Å². The van der Waals surface area contributed by atoms with Crippen LogP contribution in [0.3, 0.4) is 0 Å². The lowest BCUT2D eigenvalue weighted by Crippen LogP contribution is -2.51. The maximum atomic E-state index is 11.7. The Kier molecular flexibility index (Phi) is 3.66. The first-order valence-corrected chi connectivity index (χ1v) is 6.39. The van der Waals surface area contributed by atoms with E-state index < -0.39 is 0 Å². The predicted octanol–water partition coefficient (Wildman–Crippen LogP) is -0.149. The molecule has 3 N–H and O–H groups in total. The summed E-state index contributed by atoms with van der Waals surface area (Å²) in [5, 5.41) is 2.92. The molecule has 96 valence electrons. The lowest BCUT2D eigenvalue weighted by atomic mass is 9.93. The van der Waals surface area contributed by atoms with Crippen LogP contribution in [0.5, 0.6) is 0 Å². The van der Waals surface area contributed by atoms with Gasteiger partial charge in [0.1, 0.15) is 0 Å². The quantitative estimate of drug-likeness (QED) is 0.716. The van der Waals surface area contributed by atoms with Gasteiger partial charge in [-0.1, -0.05) is 6.92 Å². The standard InChI is InChI=1S/C12H21N3O2/c1-8-6-12(17)15(7-10(8)13)5-4-11(16)14-9-2-3-9/h8-10H,2-7,13H2,1H3,(H,14,16). The Morgan fingerprint density at radius 3 is 2.88 bits per heavy atom. The van der Waals surface area contributed by atoms with E-state index in [1.807, 2.05) is 6.92 Å². The van der Waals surface area contributed by atoms with Crippen molar-refractivity contribution in [2.75, 3.05) is 13.1 Å². The third-order valence-electron chi connectivity index (χ3n) is 3.56. The van der Waals surface area contributed by atoms with Crippen LogP contribution in [0.15, 0.2) is 0 Å². The lowest BCUT2D eigenvalue weighted by Gasteiger charge is -2.34. The topological polar surface area (TPSA) is 75.4 Å². The van der Waals surface area contributed by atoms with Crippen molar-refractivity contribution in [2.24, 2.45) is 11.7 Å². The first-order chi connectivity index (χ1) is 8.06. The minimum absolute atomic E-state index is 0.0409. The van der Waals surface area contributed by atoms with E-state index in [9.17, 15) is 9.59 Å². The second-order valence-corrected chi connectivity index (χ2v) is 5.28. The highest BCUT2D eigenvalue weighted by molar-refractivity contribution is 5.80. The molecule has 2 aliphatic rings. The van der Waals surface area contributed by atoms with Gasteiger partial charge in [0.2, 0.25) is 11.8 Å². The number of nitrogens with two attached hydrogens (primary N) is 1. The zero-order valence-corrected chi connectivity index (χ0v) is 10.3. The molecule has 5 heteroatoms. The molecule has 1 saturated heterocycles. The van der Waals surface area contributed by atoms with E-state index in [4.69, 9.17) is 5.73 Å². The summed E-state index contributed by atoms with van der Waals surface area (Å²) in [4.78, 5) is 25.0. The summed E-state index contributed by atoms with van der Waals surface area (Å²) >= 11 is 0. The Morgan fingerprint density at radius 1 is 1.53 bits per heavy atom. The summed E-state index contributed by atoms with van der Waals surface area (Å²) in [6.45, 7) is 3.08. The zero-order valence-electron chi connectivity index (χ0n) is 10.3. The van der Waals surface area contributed by atoms with Crippen LogP contribution in [-0.2, 0) is 9.59 Å². The monoisotopic (exact) mass is 239 g/mol. The van der Waals surface area contributed by atoms with E-state index in [-0.39, 0.29) is 23.8 Å². The van der Waals surface area contributed by atoms with Crippen molar-refractivity contribution >= 4 is 11.8 Å². The molecule has 1 aliphatic carbocycles. The van der Waals surface area contributed by atoms with Gasteiger partial charge in [-0.05, 0) is 18.8 Å². The van der Waals surface area contributed by atoms with E-state index in [2.05, 4.69) is 5.32 Å². The SMILES string of the molecule is CC1CC(=O)N(CCC(=O)NC2CC2)CC1N. The molecule has 2 fully saturated rings. The van der Waals surface area contributed by atoms with E-state index in [0.717, 1.165) is 12.8 Å². The fraction of sp³-hybridized carbons (Fsp3) is 0.833. The fourth-order valence-electron chi connectivity index (χ4n) is 2.07. The van der Waals surface area contributed by atoms with Crippen molar-refractivity contribution in [3.05, 3.63) is 0 Å². The molecule has 1 saturated carbocycles. The van der Waals surface area contributed by atoms with E-state index in [0.29, 0.717) is 32.0 Å². The van der Waals surface area contributed by atoms with E-state index >= 15 is 0 Å². The molecule has 17 heavy (non-hydrogen) atoms. The number of hydrogen-bond acceptors (Lipinski definition) is 3. The molecule has 1 heterocycles. The van der Waals surface area contributed by atoms with E-state index in [1.54, 1.807) is 4.90 Å². The molecule has 2 amide bonds. The molecule has 0 bridgehead atoms. The molecular weight excluding hydrogens is 218 g/mol. The molecule has 0 aromatic heterocycles. The van der Waals surface area contributed by atoms with Gasteiger partial charge in [-0.3, -0.25) is 9.59 Å². The molecule has 0 spiro atoms. The Labute approximate surface area is 102 Å². The number of piperidine rings is 1. The van der Waals surface area contributed by atoms with Crippen molar-refractivity contribution in [2.45, 2.75) is 44.7 Å². The van der Waals surface area contributed by atoms with Crippen LogP contribution >= 0.6 is 0 Å². The maximum absolute atomic E-state index is 11.7. The second kappa shape index (κ2) is 5.04. The predicted molar refractivity (Wildman–Crippen MR) is 64.1 cm³/mol. The molecule has 2 atom stereocenters. The number of nitrogens with one attached hydrogen (secondary N) is 1. The molecular formula is C12H21N3O2. The number of carbonyl (C=O) groups is 2. The lowest BCUT2D eigenvalue weighted by molar-refractivity contribution is -0.136. The fourth-order valence-corrected chi connectivity index (χ4v) is 2.07. The van der Waals surface area contributed by atoms with Crippen molar-refractivity contribution in [3.8, 4) is 0 Å². The maximum Gasteiger partial charge on any atom is 0.222 e. The van der Waals surface area contributed by atoms with Gasteiger partial charge in [0.05, 0.1) is 0 Å². The van der Waals surface area contributed by atoms with E-state index in [1.165, 1.54) is 0 Å². The average Bonchev–Trinajstić information content (AvgIpc) is 3.05. The van der Waals surface area contributed by atoms with Crippen LogP contribution in [0.2, 0.25) is 0 Å². The van der Waals surface area contributed by atoms with Gasteiger partial charge in [-0.25, -0.2) is 0 Å².